The molecule has 6 heteroatoms. The van der Waals surface area contributed by atoms with Gasteiger partial charge in [-0.2, -0.15) is 0 Å². The monoisotopic (exact) mass is 288 g/mol. The minimum absolute atomic E-state index is 0.551. The van der Waals surface area contributed by atoms with Crippen molar-refractivity contribution in [3.05, 3.63) is 38.8 Å². The van der Waals surface area contributed by atoms with Crippen LogP contribution in [-0.4, -0.2) is 12.1 Å². The number of ether oxygens (including phenoxy) is 1. The van der Waals surface area contributed by atoms with Crippen molar-refractivity contribution < 1.29 is 4.74 Å². The third-order valence-electron chi connectivity index (χ3n) is 2.14. The standard InChI is InChI=1S/C11H10Cl2N2OS/c1-16-10-4-7(2-3-9(10)12)14-5-8-6-15-11(13)17-8/h2-4,6,14H,5H2,1H3. The molecule has 0 fully saturated rings. The predicted molar refractivity (Wildman–Crippen MR) is 72.5 cm³/mol. The molecule has 2 rings (SSSR count). The summed E-state index contributed by atoms with van der Waals surface area (Å²) in [5.74, 6) is 0.652. The Bertz CT molecular complexity index is 516. The fourth-order valence-electron chi connectivity index (χ4n) is 1.32. The van der Waals surface area contributed by atoms with E-state index in [-0.39, 0.29) is 0 Å². The van der Waals surface area contributed by atoms with E-state index in [4.69, 9.17) is 27.9 Å². The molecule has 3 nitrogen and oxygen atoms in total. The second kappa shape index (κ2) is 5.58. The second-order valence-corrected chi connectivity index (χ2v) is 5.39. The van der Waals surface area contributed by atoms with Gasteiger partial charge in [-0.25, -0.2) is 4.98 Å². The van der Waals surface area contributed by atoms with Crippen LogP contribution in [0, 0.1) is 0 Å². The van der Waals surface area contributed by atoms with Gasteiger partial charge in [-0.1, -0.05) is 23.2 Å². The summed E-state index contributed by atoms with van der Waals surface area (Å²) in [6, 6.07) is 5.54. The van der Waals surface area contributed by atoms with Crippen molar-refractivity contribution in [3.63, 3.8) is 0 Å². The molecule has 0 saturated carbocycles. The summed E-state index contributed by atoms with van der Waals surface area (Å²) in [5.41, 5.74) is 0.941. The summed E-state index contributed by atoms with van der Waals surface area (Å²) < 4.78 is 5.69. The Morgan fingerprint density at radius 1 is 1.41 bits per heavy atom. The zero-order valence-corrected chi connectivity index (χ0v) is 11.4. The first kappa shape index (κ1) is 12.5. The molecule has 17 heavy (non-hydrogen) atoms. The number of hydrogen-bond donors (Lipinski definition) is 1. The van der Waals surface area contributed by atoms with Crippen molar-refractivity contribution in [1.29, 1.82) is 0 Å². The van der Waals surface area contributed by atoms with Gasteiger partial charge in [-0.3, -0.25) is 0 Å². The Hall–Kier alpha value is -0.970. The van der Waals surface area contributed by atoms with Gasteiger partial charge in [0, 0.05) is 22.8 Å². The molecule has 0 amide bonds. The molecule has 0 aliphatic carbocycles. The Morgan fingerprint density at radius 3 is 2.88 bits per heavy atom. The van der Waals surface area contributed by atoms with E-state index in [9.17, 15) is 0 Å². The van der Waals surface area contributed by atoms with E-state index in [2.05, 4.69) is 10.3 Å². The zero-order valence-electron chi connectivity index (χ0n) is 9.04. The number of rotatable bonds is 4. The van der Waals surface area contributed by atoms with Crippen LogP contribution in [0.25, 0.3) is 0 Å². The van der Waals surface area contributed by atoms with Gasteiger partial charge in [-0.15, -0.1) is 11.3 Å². The van der Waals surface area contributed by atoms with E-state index in [1.54, 1.807) is 19.4 Å². The molecule has 1 N–H and O–H groups in total. The number of nitrogens with zero attached hydrogens (tertiary/aromatic N) is 1. The summed E-state index contributed by atoms with van der Waals surface area (Å²) in [6.07, 6.45) is 1.76. The molecule has 1 aromatic heterocycles. The van der Waals surface area contributed by atoms with Crippen LogP contribution in [0.4, 0.5) is 5.69 Å². The van der Waals surface area contributed by atoms with Crippen LogP contribution in [0.15, 0.2) is 24.4 Å². The topological polar surface area (TPSA) is 34.1 Å². The van der Waals surface area contributed by atoms with Crippen molar-refractivity contribution in [2.45, 2.75) is 6.54 Å². The fraction of sp³-hybridized carbons (Fsp3) is 0.182. The summed E-state index contributed by atoms with van der Waals surface area (Å²) >= 11 is 13.1. The quantitative estimate of drug-likeness (QED) is 0.921. The Kier molecular flexibility index (Phi) is 4.10. The van der Waals surface area contributed by atoms with Crippen LogP contribution in [0.3, 0.4) is 0 Å². The van der Waals surface area contributed by atoms with Crippen molar-refractivity contribution in [3.8, 4) is 5.75 Å². The number of anilines is 1. The molecule has 0 unspecified atom stereocenters. The normalized spacial score (nSPS) is 10.3. The van der Waals surface area contributed by atoms with E-state index < -0.39 is 0 Å². The Labute approximate surface area is 113 Å². The lowest BCUT2D eigenvalue weighted by molar-refractivity contribution is 0.415. The molecular weight excluding hydrogens is 279 g/mol. The first-order valence-electron chi connectivity index (χ1n) is 4.86. The number of halogens is 2. The number of thiazole rings is 1. The number of benzene rings is 1. The SMILES string of the molecule is COc1cc(NCc2cnc(Cl)s2)ccc1Cl. The lowest BCUT2D eigenvalue weighted by atomic mass is 10.3. The Morgan fingerprint density at radius 2 is 2.24 bits per heavy atom. The minimum Gasteiger partial charge on any atom is -0.495 e. The molecule has 0 aliphatic rings. The van der Waals surface area contributed by atoms with E-state index in [1.165, 1.54) is 11.3 Å². The first-order chi connectivity index (χ1) is 8.19. The number of aromatic nitrogens is 1. The van der Waals surface area contributed by atoms with Crippen LogP contribution in [0.2, 0.25) is 9.49 Å². The first-order valence-corrected chi connectivity index (χ1v) is 6.44. The van der Waals surface area contributed by atoms with Crippen LogP contribution >= 0.6 is 34.5 Å². The highest BCUT2D eigenvalue weighted by Gasteiger charge is 2.03. The zero-order chi connectivity index (χ0) is 12.3. The number of hydrogen-bond acceptors (Lipinski definition) is 4. The van der Waals surface area contributed by atoms with Gasteiger partial charge in [0.05, 0.1) is 18.7 Å². The average Bonchev–Trinajstić information content (AvgIpc) is 2.74. The molecule has 1 heterocycles. The van der Waals surface area contributed by atoms with E-state index in [1.807, 2.05) is 12.1 Å². The third-order valence-corrected chi connectivity index (χ3v) is 3.57. The lowest BCUT2D eigenvalue weighted by Crippen LogP contribution is -1.97. The van der Waals surface area contributed by atoms with Crippen molar-refractivity contribution in [1.82, 2.24) is 4.98 Å². The second-order valence-electron chi connectivity index (χ2n) is 3.28. The highest BCUT2D eigenvalue weighted by Crippen LogP contribution is 2.28. The predicted octanol–water partition coefficient (Wildman–Crippen LogP) is 4.07. The smallest absolute Gasteiger partial charge is 0.183 e. The fourth-order valence-corrected chi connectivity index (χ4v) is 2.44. The van der Waals surface area contributed by atoms with Gasteiger partial charge in [0.2, 0.25) is 0 Å². The average molecular weight is 289 g/mol. The molecule has 0 atom stereocenters. The third kappa shape index (κ3) is 3.25. The van der Waals surface area contributed by atoms with Gasteiger partial charge in [0.15, 0.2) is 4.47 Å². The molecule has 1 aromatic carbocycles. The molecule has 0 radical (unpaired) electrons. The molecule has 2 aromatic rings. The number of nitrogens with one attached hydrogen (secondary N) is 1. The van der Waals surface area contributed by atoms with Gasteiger partial charge in [0.1, 0.15) is 5.75 Å². The minimum atomic E-state index is 0.551. The molecular formula is C11H10Cl2N2OS. The largest absolute Gasteiger partial charge is 0.495 e. The van der Waals surface area contributed by atoms with Gasteiger partial charge in [0.25, 0.3) is 0 Å². The van der Waals surface area contributed by atoms with E-state index in [0.717, 1.165) is 10.6 Å². The van der Waals surface area contributed by atoms with E-state index in [0.29, 0.717) is 21.8 Å². The lowest BCUT2D eigenvalue weighted by Gasteiger charge is -2.08. The van der Waals surface area contributed by atoms with Gasteiger partial charge < -0.3 is 10.1 Å². The van der Waals surface area contributed by atoms with Crippen molar-refractivity contribution >= 4 is 40.2 Å². The molecule has 0 aliphatic heterocycles. The van der Waals surface area contributed by atoms with Gasteiger partial charge in [-0.05, 0) is 12.1 Å². The van der Waals surface area contributed by atoms with Gasteiger partial charge >= 0.3 is 0 Å². The van der Waals surface area contributed by atoms with Crippen LogP contribution in [0.5, 0.6) is 5.75 Å². The maximum absolute atomic E-state index is 5.94. The number of methoxy groups -OCH3 is 1. The van der Waals surface area contributed by atoms with Crippen LogP contribution in [0.1, 0.15) is 4.88 Å². The molecule has 0 bridgehead atoms. The van der Waals surface area contributed by atoms with Crippen LogP contribution < -0.4 is 10.1 Å². The van der Waals surface area contributed by atoms with E-state index >= 15 is 0 Å². The summed E-state index contributed by atoms with van der Waals surface area (Å²) in [6.45, 7) is 0.676. The van der Waals surface area contributed by atoms with Crippen molar-refractivity contribution in [2.75, 3.05) is 12.4 Å². The summed E-state index contributed by atoms with van der Waals surface area (Å²) in [7, 11) is 1.59. The highest BCUT2D eigenvalue weighted by molar-refractivity contribution is 7.15. The molecule has 0 saturated heterocycles. The molecule has 0 spiro atoms. The summed E-state index contributed by atoms with van der Waals surface area (Å²) in [4.78, 5) is 5.05. The molecule has 90 valence electrons. The van der Waals surface area contributed by atoms with Crippen molar-refractivity contribution in [2.24, 2.45) is 0 Å². The van der Waals surface area contributed by atoms with Crippen LogP contribution in [-0.2, 0) is 6.54 Å². The Balaban J connectivity index is 2.04. The maximum Gasteiger partial charge on any atom is 0.183 e. The highest BCUT2D eigenvalue weighted by atomic mass is 35.5. The summed E-state index contributed by atoms with van der Waals surface area (Å²) in [5, 5.41) is 3.85. The maximum atomic E-state index is 5.94.